The first kappa shape index (κ1) is 22.4. The number of hydrogen-bond donors (Lipinski definition) is 1. The highest BCUT2D eigenvalue weighted by Crippen LogP contribution is 2.30. The number of benzene rings is 2. The fourth-order valence-electron chi connectivity index (χ4n) is 3.05. The minimum absolute atomic E-state index is 0.0763. The first-order chi connectivity index (χ1) is 15.5. The quantitative estimate of drug-likeness (QED) is 0.268. The van der Waals surface area contributed by atoms with Crippen molar-refractivity contribution in [2.75, 3.05) is 25.3 Å². The van der Waals surface area contributed by atoms with E-state index in [9.17, 15) is 9.59 Å². The molecule has 0 unspecified atom stereocenters. The number of halogens is 1. The number of carbonyl (C=O) groups is 1. The molecule has 0 aliphatic carbocycles. The van der Waals surface area contributed by atoms with Gasteiger partial charge in [-0.15, -0.1) is 11.3 Å². The van der Waals surface area contributed by atoms with Gasteiger partial charge in [-0.25, -0.2) is 4.98 Å². The van der Waals surface area contributed by atoms with Crippen LogP contribution in [0.15, 0.2) is 68.3 Å². The number of fused-ring (bicyclic) bond motifs is 1. The highest BCUT2D eigenvalue weighted by molar-refractivity contribution is 9.10. The van der Waals surface area contributed by atoms with E-state index in [2.05, 4.69) is 26.2 Å². The summed E-state index contributed by atoms with van der Waals surface area (Å²) in [6, 6.07) is 14.3. The summed E-state index contributed by atoms with van der Waals surface area (Å²) in [5, 5.41) is 5.12. The van der Waals surface area contributed by atoms with Gasteiger partial charge in [-0.05, 0) is 47.8 Å². The maximum atomic E-state index is 13.1. The molecule has 1 amide bonds. The number of thiophene rings is 1. The van der Waals surface area contributed by atoms with Gasteiger partial charge in [0, 0.05) is 16.2 Å². The van der Waals surface area contributed by atoms with Crippen LogP contribution in [0.25, 0.3) is 15.9 Å². The van der Waals surface area contributed by atoms with E-state index >= 15 is 0 Å². The van der Waals surface area contributed by atoms with E-state index in [-0.39, 0.29) is 17.2 Å². The summed E-state index contributed by atoms with van der Waals surface area (Å²) in [6.07, 6.45) is 0. The van der Waals surface area contributed by atoms with Gasteiger partial charge in [0.15, 0.2) is 16.7 Å². The van der Waals surface area contributed by atoms with Crippen LogP contribution < -0.4 is 20.3 Å². The molecule has 4 aromatic rings. The molecule has 0 aliphatic heterocycles. The van der Waals surface area contributed by atoms with Gasteiger partial charge in [0.2, 0.25) is 5.91 Å². The number of methoxy groups -OCH3 is 2. The van der Waals surface area contributed by atoms with Crippen molar-refractivity contribution in [1.82, 2.24) is 9.55 Å². The Morgan fingerprint density at radius 1 is 1.12 bits per heavy atom. The SMILES string of the molecule is COc1ccc(NC(=O)CSc2nc3ccsc3c(=O)n2-c2ccc(Br)cc2)cc1OC. The lowest BCUT2D eigenvalue weighted by atomic mass is 10.2. The Balaban J connectivity index is 1.59. The van der Waals surface area contributed by atoms with E-state index < -0.39 is 0 Å². The molecule has 0 aliphatic rings. The molecular weight excluding hydrogens is 514 g/mol. The Morgan fingerprint density at radius 3 is 2.59 bits per heavy atom. The highest BCUT2D eigenvalue weighted by Gasteiger charge is 2.16. The Hall–Kier alpha value is -2.82. The van der Waals surface area contributed by atoms with Gasteiger partial charge in [-0.2, -0.15) is 0 Å². The van der Waals surface area contributed by atoms with Crippen molar-refractivity contribution in [3.63, 3.8) is 0 Å². The van der Waals surface area contributed by atoms with E-state index in [1.165, 1.54) is 30.2 Å². The van der Waals surface area contributed by atoms with Crippen LogP contribution in [0.5, 0.6) is 11.5 Å². The maximum Gasteiger partial charge on any atom is 0.276 e. The van der Waals surface area contributed by atoms with Gasteiger partial charge < -0.3 is 14.8 Å². The smallest absolute Gasteiger partial charge is 0.276 e. The first-order valence-corrected chi connectivity index (χ1v) is 12.1. The zero-order valence-corrected chi connectivity index (χ0v) is 20.3. The topological polar surface area (TPSA) is 82.5 Å². The molecule has 164 valence electrons. The average molecular weight is 532 g/mol. The normalized spacial score (nSPS) is 10.8. The molecule has 0 bridgehead atoms. The van der Waals surface area contributed by atoms with Crippen LogP contribution in [0.2, 0.25) is 0 Å². The van der Waals surface area contributed by atoms with Crippen LogP contribution >= 0.6 is 39.0 Å². The Kier molecular flexibility index (Phi) is 6.83. The molecule has 7 nitrogen and oxygen atoms in total. The fourth-order valence-corrected chi connectivity index (χ4v) is 4.88. The van der Waals surface area contributed by atoms with Crippen molar-refractivity contribution in [3.8, 4) is 17.2 Å². The molecule has 32 heavy (non-hydrogen) atoms. The molecular formula is C22H18BrN3O4S2. The predicted molar refractivity (Wildman–Crippen MR) is 132 cm³/mol. The minimum Gasteiger partial charge on any atom is -0.493 e. The van der Waals surface area contributed by atoms with Crippen molar-refractivity contribution in [3.05, 3.63) is 68.7 Å². The Morgan fingerprint density at radius 2 is 1.88 bits per heavy atom. The molecule has 0 saturated heterocycles. The standard InChI is InChI=1S/C22H18BrN3O4S2/c1-29-17-8-5-14(11-18(17)30-2)24-19(27)12-32-22-25-16-9-10-31-20(16)21(28)26(22)15-6-3-13(23)4-7-15/h3-11H,12H2,1-2H3,(H,24,27). The second-order valence-electron chi connectivity index (χ2n) is 6.55. The number of aromatic nitrogens is 2. The number of hydrogen-bond acceptors (Lipinski definition) is 7. The summed E-state index contributed by atoms with van der Waals surface area (Å²) in [6.45, 7) is 0. The molecule has 0 fully saturated rings. The molecule has 1 N–H and O–H groups in total. The summed E-state index contributed by atoms with van der Waals surface area (Å²) in [4.78, 5) is 30.4. The lowest BCUT2D eigenvalue weighted by Gasteiger charge is -2.13. The third-order valence-electron chi connectivity index (χ3n) is 4.53. The average Bonchev–Trinajstić information content (AvgIpc) is 3.27. The molecule has 0 atom stereocenters. The molecule has 2 aromatic carbocycles. The van der Waals surface area contributed by atoms with Gasteiger partial charge in [0.1, 0.15) is 4.70 Å². The number of ether oxygens (including phenoxy) is 2. The third-order valence-corrected chi connectivity index (χ3v) is 6.89. The Labute approximate surface area is 200 Å². The highest BCUT2D eigenvalue weighted by atomic mass is 79.9. The van der Waals surface area contributed by atoms with Crippen LogP contribution in [0, 0.1) is 0 Å². The molecule has 2 aromatic heterocycles. The van der Waals surface area contributed by atoms with Crippen molar-refractivity contribution in [2.45, 2.75) is 5.16 Å². The largest absolute Gasteiger partial charge is 0.493 e. The Bertz CT molecular complexity index is 1340. The van der Waals surface area contributed by atoms with Crippen molar-refractivity contribution >= 4 is 60.8 Å². The third kappa shape index (κ3) is 4.67. The fraction of sp³-hybridized carbons (Fsp3) is 0.136. The van der Waals surface area contributed by atoms with Gasteiger partial charge in [-0.3, -0.25) is 14.2 Å². The molecule has 0 spiro atoms. The van der Waals surface area contributed by atoms with E-state index in [1.54, 1.807) is 35.9 Å². The summed E-state index contributed by atoms with van der Waals surface area (Å²) < 4.78 is 13.5. The van der Waals surface area contributed by atoms with E-state index in [1.807, 2.05) is 29.6 Å². The number of thioether (sulfide) groups is 1. The van der Waals surface area contributed by atoms with Crippen LogP contribution in [-0.2, 0) is 4.79 Å². The van der Waals surface area contributed by atoms with Crippen LogP contribution in [0.3, 0.4) is 0 Å². The van der Waals surface area contributed by atoms with E-state index in [0.717, 1.165) is 4.47 Å². The zero-order valence-electron chi connectivity index (χ0n) is 17.1. The number of carbonyl (C=O) groups excluding carboxylic acids is 1. The molecule has 0 radical (unpaired) electrons. The predicted octanol–water partition coefficient (Wildman–Crippen LogP) is 4.96. The van der Waals surface area contributed by atoms with Crippen molar-refractivity contribution in [2.24, 2.45) is 0 Å². The van der Waals surface area contributed by atoms with Gasteiger partial charge in [-0.1, -0.05) is 27.7 Å². The van der Waals surface area contributed by atoms with E-state index in [4.69, 9.17) is 9.47 Å². The first-order valence-electron chi connectivity index (χ1n) is 9.41. The molecule has 0 saturated carbocycles. The van der Waals surface area contributed by atoms with Crippen LogP contribution in [0.4, 0.5) is 5.69 Å². The second kappa shape index (κ2) is 9.76. The summed E-state index contributed by atoms with van der Waals surface area (Å²) >= 11 is 5.97. The summed E-state index contributed by atoms with van der Waals surface area (Å²) in [5.41, 5.74) is 1.73. The summed E-state index contributed by atoms with van der Waals surface area (Å²) in [5.74, 6) is 0.940. The maximum absolute atomic E-state index is 13.1. The molecule has 4 rings (SSSR count). The summed E-state index contributed by atoms with van der Waals surface area (Å²) in [7, 11) is 3.09. The number of rotatable bonds is 7. The van der Waals surface area contributed by atoms with Gasteiger partial charge in [0.05, 0.1) is 31.2 Å². The molecule has 10 heteroatoms. The van der Waals surface area contributed by atoms with Crippen molar-refractivity contribution < 1.29 is 14.3 Å². The number of nitrogens with zero attached hydrogens (tertiary/aromatic N) is 2. The van der Waals surface area contributed by atoms with Crippen LogP contribution in [-0.4, -0.2) is 35.4 Å². The van der Waals surface area contributed by atoms with Crippen molar-refractivity contribution in [1.29, 1.82) is 0 Å². The lowest BCUT2D eigenvalue weighted by molar-refractivity contribution is -0.113. The van der Waals surface area contributed by atoms with Gasteiger partial charge in [0.25, 0.3) is 5.56 Å². The van der Waals surface area contributed by atoms with Crippen LogP contribution in [0.1, 0.15) is 0 Å². The number of nitrogens with one attached hydrogen (secondary N) is 1. The lowest BCUT2D eigenvalue weighted by Crippen LogP contribution is -2.22. The monoisotopic (exact) mass is 531 g/mol. The molecule has 2 heterocycles. The second-order valence-corrected chi connectivity index (χ2v) is 9.33. The minimum atomic E-state index is -0.232. The number of anilines is 1. The number of amides is 1. The zero-order chi connectivity index (χ0) is 22.7. The van der Waals surface area contributed by atoms with E-state index in [0.29, 0.717) is 38.2 Å². The van der Waals surface area contributed by atoms with Gasteiger partial charge >= 0.3 is 0 Å².